The Labute approximate surface area is 82.6 Å². The van der Waals surface area contributed by atoms with E-state index < -0.39 is 0 Å². The van der Waals surface area contributed by atoms with Crippen LogP contribution in [0.2, 0.25) is 0 Å². The zero-order valence-corrected chi connectivity index (χ0v) is 8.24. The Morgan fingerprint density at radius 2 is 2.29 bits per heavy atom. The molecule has 3 nitrogen and oxygen atoms in total. The third kappa shape index (κ3) is 1.45. The Morgan fingerprint density at radius 1 is 1.50 bits per heavy atom. The van der Waals surface area contributed by atoms with Crippen LogP contribution in [0.4, 0.5) is 0 Å². The van der Waals surface area contributed by atoms with Crippen LogP contribution in [0.3, 0.4) is 0 Å². The van der Waals surface area contributed by atoms with Crippen molar-refractivity contribution in [2.45, 2.75) is 19.4 Å². The van der Waals surface area contributed by atoms with E-state index in [1.807, 2.05) is 19.1 Å². The highest BCUT2D eigenvalue weighted by molar-refractivity contribution is 5.92. The van der Waals surface area contributed by atoms with Gasteiger partial charge in [-0.15, -0.1) is 0 Å². The van der Waals surface area contributed by atoms with E-state index in [2.05, 4.69) is 0 Å². The minimum atomic E-state index is -0.252. The molecule has 0 spiro atoms. The number of hydrogen-bond donors (Lipinski definition) is 0. The number of benzene rings is 1. The summed E-state index contributed by atoms with van der Waals surface area (Å²) in [5.74, 6) is 0.438. The number of methoxy groups -OCH3 is 1. The number of carbonyl (C=O) groups is 1. The van der Waals surface area contributed by atoms with Gasteiger partial charge in [-0.05, 0) is 24.6 Å². The quantitative estimate of drug-likeness (QED) is 0.636. The van der Waals surface area contributed by atoms with Crippen LogP contribution in [-0.2, 0) is 11.2 Å². The van der Waals surface area contributed by atoms with Crippen molar-refractivity contribution in [3.05, 3.63) is 29.3 Å². The van der Waals surface area contributed by atoms with E-state index in [1.54, 1.807) is 13.2 Å². The van der Waals surface area contributed by atoms with E-state index >= 15 is 0 Å². The maximum absolute atomic E-state index is 11.5. The fourth-order valence-electron chi connectivity index (χ4n) is 1.65. The lowest BCUT2D eigenvalue weighted by Gasteiger charge is -2.21. The molecule has 0 bridgehead atoms. The summed E-state index contributed by atoms with van der Waals surface area (Å²) >= 11 is 0. The van der Waals surface area contributed by atoms with Crippen molar-refractivity contribution in [1.29, 1.82) is 0 Å². The standard InChI is InChI=1S/C11H12O3/c1-7-5-8-3-4-9(13-2)6-10(8)11(12)14-7/h3-4,6-7H,5H2,1-2H3/t7-/m0/s1. The van der Waals surface area contributed by atoms with Crippen molar-refractivity contribution in [3.63, 3.8) is 0 Å². The molecule has 0 saturated carbocycles. The second-order valence-electron chi connectivity index (χ2n) is 3.44. The van der Waals surface area contributed by atoms with Crippen LogP contribution in [0.5, 0.6) is 5.75 Å². The minimum absolute atomic E-state index is 0.0246. The first-order valence-corrected chi connectivity index (χ1v) is 4.58. The largest absolute Gasteiger partial charge is 0.497 e. The first kappa shape index (κ1) is 9.06. The van der Waals surface area contributed by atoms with Crippen LogP contribution < -0.4 is 4.74 Å². The lowest BCUT2D eigenvalue weighted by atomic mass is 9.99. The van der Waals surface area contributed by atoms with E-state index in [4.69, 9.17) is 9.47 Å². The van der Waals surface area contributed by atoms with Crippen LogP contribution in [0, 0.1) is 0 Å². The van der Waals surface area contributed by atoms with E-state index in [0.29, 0.717) is 11.3 Å². The first-order valence-electron chi connectivity index (χ1n) is 4.58. The number of cyclic esters (lactones) is 1. The number of rotatable bonds is 1. The van der Waals surface area contributed by atoms with E-state index in [9.17, 15) is 4.79 Å². The van der Waals surface area contributed by atoms with Gasteiger partial charge in [0, 0.05) is 6.42 Å². The van der Waals surface area contributed by atoms with Crippen LogP contribution in [0.1, 0.15) is 22.8 Å². The van der Waals surface area contributed by atoms with Gasteiger partial charge in [0.15, 0.2) is 0 Å². The maximum Gasteiger partial charge on any atom is 0.338 e. The molecular formula is C11H12O3. The molecule has 1 aromatic rings. The third-order valence-corrected chi connectivity index (χ3v) is 2.35. The van der Waals surface area contributed by atoms with Gasteiger partial charge in [-0.3, -0.25) is 0 Å². The topological polar surface area (TPSA) is 35.5 Å². The Hall–Kier alpha value is -1.51. The minimum Gasteiger partial charge on any atom is -0.497 e. The molecular weight excluding hydrogens is 180 g/mol. The van der Waals surface area contributed by atoms with E-state index in [-0.39, 0.29) is 12.1 Å². The van der Waals surface area contributed by atoms with Crippen LogP contribution >= 0.6 is 0 Å². The second-order valence-corrected chi connectivity index (χ2v) is 3.44. The van der Waals surface area contributed by atoms with Gasteiger partial charge in [-0.2, -0.15) is 0 Å². The third-order valence-electron chi connectivity index (χ3n) is 2.35. The first-order chi connectivity index (χ1) is 6.70. The smallest absolute Gasteiger partial charge is 0.338 e. The number of hydrogen-bond acceptors (Lipinski definition) is 3. The molecule has 1 aromatic carbocycles. The molecule has 2 rings (SSSR count). The Morgan fingerprint density at radius 3 is 3.00 bits per heavy atom. The predicted octanol–water partition coefficient (Wildman–Crippen LogP) is 1.80. The van der Waals surface area contributed by atoms with Gasteiger partial charge in [-0.1, -0.05) is 6.07 Å². The molecule has 0 fully saturated rings. The fourth-order valence-corrected chi connectivity index (χ4v) is 1.65. The van der Waals surface area contributed by atoms with Gasteiger partial charge >= 0.3 is 5.97 Å². The normalized spacial score (nSPS) is 19.9. The van der Waals surface area contributed by atoms with Crippen LogP contribution in [0.15, 0.2) is 18.2 Å². The highest BCUT2D eigenvalue weighted by Gasteiger charge is 2.23. The molecule has 0 saturated heterocycles. The number of fused-ring (bicyclic) bond motifs is 1. The van der Waals surface area contributed by atoms with E-state index in [1.165, 1.54) is 0 Å². The molecule has 0 N–H and O–H groups in total. The molecule has 0 radical (unpaired) electrons. The van der Waals surface area contributed by atoms with Gasteiger partial charge < -0.3 is 9.47 Å². The molecule has 0 aromatic heterocycles. The van der Waals surface area contributed by atoms with Crippen molar-refractivity contribution < 1.29 is 14.3 Å². The second kappa shape index (κ2) is 3.33. The summed E-state index contributed by atoms with van der Waals surface area (Å²) < 4.78 is 10.2. The predicted molar refractivity (Wildman–Crippen MR) is 51.6 cm³/mol. The van der Waals surface area contributed by atoms with Crippen LogP contribution in [-0.4, -0.2) is 19.2 Å². The fraction of sp³-hybridized carbons (Fsp3) is 0.364. The molecule has 0 aliphatic carbocycles. The molecule has 1 atom stereocenters. The van der Waals surface area contributed by atoms with Crippen molar-refractivity contribution >= 4 is 5.97 Å². The summed E-state index contributed by atoms with van der Waals surface area (Å²) in [5, 5.41) is 0. The SMILES string of the molecule is COc1ccc2c(c1)C(=O)O[C@@H](C)C2. The van der Waals surface area contributed by atoms with Gasteiger partial charge in [0.1, 0.15) is 11.9 Å². The average Bonchev–Trinajstić information content (AvgIpc) is 2.17. The van der Waals surface area contributed by atoms with Gasteiger partial charge in [0.2, 0.25) is 0 Å². The van der Waals surface area contributed by atoms with Gasteiger partial charge in [0.05, 0.1) is 12.7 Å². The molecule has 14 heavy (non-hydrogen) atoms. The monoisotopic (exact) mass is 192 g/mol. The zero-order chi connectivity index (χ0) is 10.1. The van der Waals surface area contributed by atoms with Crippen molar-refractivity contribution in [1.82, 2.24) is 0 Å². The summed E-state index contributed by atoms with van der Waals surface area (Å²) in [7, 11) is 1.58. The Kier molecular flexibility index (Phi) is 2.15. The lowest BCUT2D eigenvalue weighted by molar-refractivity contribution is 0.0301. The molecule has 1 aliphatic heterocycles. The van der Waals surface area contributed by atoms with E-state index in [0.717, 1.165) is 12.0 Å². The summed E-state index contributed by atoms with van der Waals surface area (Å²) in [6.45, 7) is 1.89. The highest BCUT2D eigenvalue weighted by Crippen LogP contribution is 2.24. The highest BCUT2D eigenvalue weighted by atomic mass is 16.5. The molecule has 1 heterocycles. The number of esters is 1. The molecule has 74 valence electrons. The Balaban J connectivity index is 2.44. The lowest BCUT2D eigenvalue weighted by Crippen LogP contribution is -2.24. The van der Waals surface area contributed by atoms with Crippen LogP contribution in [0.25, 0.3) is 0 Å². The molecule has 1 aliphatic rings. The van der Waals surface area contributed by atoms with Crippen molar-refractivity contribution in [2.75, 3.05) is 7.11 Å². The molecule has 0 amide bonds. The Bertz CT molecular complexity index is 371. The average molecular weight is 192 g/mol. The summed E-state index contributed by atoms with van der Waals surface area (Å²) in [6, 6.07) is 5.51. The van der Waals surface area contributed by atoms with Crippen molar-refractivity contribution in [2.24, 2.45) is 0 Å². The summed E-state index contributed by atoms with van der Waals surface area (Å²) in [5.41, 5.74) is 1.66. The zero-order valence-electron chi connectivity index (χ0n) is 8.24. The van der Waals surface area contributed by atoms with Gasteiger partial charge in [0.25, 0.3) is 0 Å². The molecule has 3 heteroatoms. The van der Waals surface area contributed by atoms with Gasteiger partial charge in [-0.25, -0.2) is 4.79 Å². The summed E-state index contributed by atoms with van der Waals surface area (Å²) in [6.07, 6.45) is 0.758. The number of carbonyl (C=O) groups excluding carboxylic acids is 1. The maximum atomic E-state index is 11.5. The summed E-state index contributed by atoms with van der Waals surface area (Å²) in [4.78, 5) is 11.5. The number of ether oxygens (including phenoxy) is 2. The van der Waals surface area contributed by atoms with Crippen molar-refractivity contribution in [3.8, 4) is 5.75 Å². The molecule has 0 unspecified atom stereocenters.